The molecule has 1 aliphatic rings. The molecule has 37 heavy (non-hydrogen) atoms. The number of carboxylic acid groups (broad SMARTS) is 1. The maximum absolute atomic E-state index is 14.0. The van der Waals surface area contributed by atoms with Crippen molar-refractivity contribution < 1.29 is 54.3 Å². The van der Waals surface area contributed by atoms with Crippen molar-refractivity contribution in [3.63, 3.8) is 0 Å². The number of benzene rings is 2. The fourth-order valence-electron chi connectivity index (χ4n) is 3.96. The molecule has 0 bridgehead atoms. The van der Waals surface area contributed by atoms with Crippen molar-refractivity contribution in [1.29, 1.82) is 0 Å². The minimum Gasteiger partial charge on any atom is -0.477 e. The molecule has 1 heterocycles. The number of carboxylic acids is 1. The van der Waals surface area contributed by atoms with Gasteiger partial charge < -0.3 is 15.7 Å². The van der Waals surface area contributed by atoms with E-state index in [4.69, 9.17) is 10.8 Å². The SMILES string of the molecule is NCc1cc(S(=O)(=O)[C@@]2(c3ccc(C(C(=O)O)=C(F)F)cc3)CCN(OC(=O)C(F)(F)F)C2)ccc1F. The Hall–Kier alpha value is -3.43. The van der Waals surface area contributed by atoms with E-state index < -0.39 is 80.1 Å². The van der Waals surface area contributed by atoms with Crippen molar-refractivity contribution in [3.8, 4) is 0 Å². The van der Waals surface area contributed by atoms with E-state index in [1.165, 1.54) is 0 Å². The van der Waals surface area contributed by atoms with E-state index in [1.54, 1.807) is 0 Å². The normalized spacial score (nSPS) is 18.5. The first-order chi connectivity index (χ1) is 17.1. The van der Waals surface area contributed by atoms with Crippen LogP contribution in [0, 0.1) is 5.82 Å². The molecule has 200 valence electrons. The maximum Gasteiger partial charge on any atom is 0.492 e. The van der Waals surface area contributed by atoms with E-state index >= 15 is 0 Å². The molecule has 0 aromatic heterocycles. The molecule has 2 aromatic rings. The van der Waals surface area contributed by atoms with E-state index in [1.807, 2.05) is 0 Å². The second-order valence-electron chi connectivity index (χ2n) is 7.96. The summed E-state index contributed by atoms with van der Waals surface area (Å²) in [5.41, 5.74) is 3.37. The Morgan fingerprint density at radius 2 is 1.73 bits per heavy atom. The van der Waals surface area contributed by atoms with Gasteiger partial charge in [0.25, 0.3) is 6.08 Å². The molecular weight excluding hydrogens is 534 g/mol. The van der Waals surface area contributed by atoms with Gasteiger partial charge in [0.05, 0.1) is 11.4 Å². The van der Waals surface area contributed by atoms with Crippen molar-refractivity contribution in [1.82, 2.24) is 5.06 Å². The van der Waals surface area contributed by atoms with Crippen molar-refractivity contribution in [2.75, 3.05) is 13.1 Å². The maximum atomic E-state index is 14.0. The van der Waals surface area contributed by atoms with Gasteiger partial charge in [0.15, 0.2) is 9.84 Å². The molecule has 0 unspecified atom stereocenters. The third-order valence-electron chi connectivity index (χ3n) is 5.80. The van der Waals surface area contributed by atoms with Crippen LogP contribution in [0.1, 0.15) is 23.1 Å². The van der Waals surface area contributed by atoms with Crippen molar-refractivity contribution in [3.05, 3.63) is 71.1 Å². The Kier molecular flexibility index (Phi) is 7.72. The summed E-state index contributed by atoms with van der Waals surface area (Å²) in [6, 6.07) is 6.60. The van der Waals surface area contributed by atoms with Crippen LogP contribution in [0.2, 0.25) is 0 Å². The number of hydrogen-bond donors (Lipinski definition) is 2. The molecule has 0 aliphatic carbocycles. The predicted molar refractivity (Wildman–Crippen MR) is 115 cm³/mol. The molecule has 0 radical (unpaired) electrons. The van der Waals surface area contributed by atoms with Crippen LogP contribution in [0.3, 0.4) is 0 Å². The number of rotatable bonds is 7. The monoisotopic (exact) mass is 552 g/mol. The van der Waals surface area contributed by atoms with Gasteiger partial charge in [-0.2, -0.15) is 22.0 Å². The molecule has 0 spiro atoms. The minimum atomic E-state index is -5.37. The highest BCUT2D eigenvalue weighted by atomic mass is 32.2. The number of nitrogens with zero attached hydrogens (tertiary/aromatic N) is 1. The smallest absolute Gasteiger partial charge is 0.477 e. The molecule has 2 aromatic carbocycles. The summed E-state index contributed by atoms with van der Waals surface area (Å²) >= 11 is 0. The van der Waals surface area contributed by atoms with E-state index in [0.29, 0.717) is 5.06 Å². The molecule has 0 amide bonds. The lowest BCUT2D eigenvalue weighted by atomic mass is 9.95. The highest BCUT2D eigenvalue weighted by Crippen LogP contribution is 2.44. The number of nitrogens with two attached hydrogens (primary N) is 1. The first-order valence-corrected chi connectivity index (χ1v) is 11.8. The standard InChI is InChI=1S/C22H18F6N2O6S/c23-16-6-5-15(9-13(16)10-29)37(34,35)21(7-8-30(11-21)36-20(33)22(26,27)28)14-3-1-12(2-4-14)17(18(24)25)19(31)32/h1-6,9H,7-8,10-11,29H2,(H,31,32)/t21-/m0/s1. The van der Waals surface area contributed by atoms with Crippen molar-refractivity contribution in [2.24, 2.45) is 5.73 Å². The second kappa shape index (κ2) is 10.1. The van der Waals surface area contributed by atoms with Crippen molar-refractivity contribution in [2.45, 2.75) is 28.8 Å². The van der Waals surface area contributed by atoms with Crippen LogP contribution in [-0.4, -0.2) is 49.8 Å². The number of aliphatic carboxylic acids is 1. The summed E-state index contributed by atoms with van der Waals surface area (Å²) < 4.78 is 104. The van der Waals surface area contributed by atoms with Gasteiger partial charge in [-0.1, -0.05) is 24.3 Å². The van der Waals surface area contributed by atoms with Gasteiger partial charge in [0.1, 0.15) is 16.1 Å². The quantitative estimate of drug-likeness (QED) is 0.304. The van der Waals surface area contributed by atoms with Crippen LogP contribution in [0.25, 0.3) is 5.57 Å². The predicted octanol–water partition coefficient (Wildman–Crippen LogP) is 3.37. The molecule has 1 atom stereocenters. The molecule has 8 nitrogen and oxygen atoms in total. The summed E-state index contributed by atoms with van der Waals surface area (Å²) in [5.74, 6) is -5.33. The Balaban J connectivity index is 2.14. The largest absolute Gasteiger partial charge is 0.492 e. The number of carbonyl (C=O) groups excluding carboxylic acids is 1. The number of hydrogen-bond acceptors (Lipinski definition) is 7. The summed E-state index contributed by atoms with van der Waals surface area (Å²) in [6.45, 7) is -1.64. The molecule has 0 saturated carbocycles. The number of alkyl halides is 3. The van der Waals surface area contributed by atoms with Crippen LogP contribution in [0.5, 0.6) is 0 Å². The van der Waals surface area contributed by atoms with Gasteiger partial charge >= 0.3 is 18.1 Å². The van der Waals surface area contributed by atoms with Gasteiger partial charge in [0.2, 0.25) is 0 Å². The first-order valence-electron chi connectivity index (χ1n) is 10.3. The van der Waals surface area contributed by atoms with Gasteiger partial charge in [-0.25, -0.2) is 22.4 Å². The molecule has 3 rings (SSSR count). The average molecular weight is 552 g/mol. The number of sulfone groups is 1. The molecule has 15 heteroatoms. The summed E-state index contributed by atoms with van der Waals surface area (Å²) in [7, 11) is -4.59. The summed E-state index contributed by atoms with van der Waals surface area (Å²) in [5, 5.41) is 9.54. The molecule has 1 aliphatic heterocycles. The third-order valence-corrected chi connectivity index (χ3v) is 8.28. The Morgan fingerprint density at radius 3 is 2.24 bits per heavy atom. The third kappa shape index (κ3) is 5.33. The fraction of sp³-hybridized carbons (Fsp3) is 0.273. The van der Waals surface area contributed by atoms with E-state index in [9.17, 15) is 44.3 Å². The Labute approximate surface area is 205 Å². The van der Waals surface area contributed by atoms with Crippen LogP contribution < -0.4 is 5.73 Å². The van der Waals surface area contributed by atoms with Gasteiger partial charge in [0, 0.05) is 18.7 Å². The minimum absolute atomic E-state index is 0.121. The fourth-order valence-corrected chi connectivity index (χ4v) is 6.08. The Bertz CT molecular complexity index is 1360. The van der Waals surface area contributed by atoms with Crippen molar-refractivity contribution >= 4 is 27.3 Å². The highest BCUT2D eigenvalue weighted by Gasteiger charge is 2.53. The van der Waals surface area contributed by atoms with Crippen LogP contribution >= 0.6 is 0 Å². The molecular formula is C22H18F6N2O6S. The van der Waals surface area contributed by atoms with Crippen LogP contribution in [-0.2, 0) is 35.6 Å². The lowest BCUT2D eigenvalue weighted by Gasteiger charge is -2.30. The molecule has 3 N–H and O–H groups in total. The number of hydroxylamine groups is 2. The summed E-state index contributed by atoms with van der Waals surface area (Å²) in [4.78, 5) is 26.4. The van der Waals surface area contributed by atoms with Gasteiger partial charge in [-0.05, 0) is 35.7 Å². The number of carbonyl (C=O) groups is 2. The number of halogens is 6. The Morgan fingerprint density at radius 1 is 1.11 bits per heavy atom. The summed E-state index contributed by atoms with van der Waals surface area (Å²) in [6.07, 6.45) is -8.29. The van der Waals surface area contributed by atoms with Crippen LogP contribution in [0.4, 0.5) is 26.3 Å². The lowest BCUT2D eigenvalue weighted by molar-refractivity contribution is -0.235. The van der Waals surface area contributed by atoms with Gasteiger partial charge in [-0.3, -0.25) is 0 Å². The first kappa shape index (κ1) is 28.1. The van der Waals surface area contributed by atoms with E-state index in [0.717, 1.165) is 42.5 Å². The molecule has 1 saturated heterocycles. The average Bonchev–Trinajstić information content (AvgIpc) is 3.24. The zero-order valence-electron chi connectivity index (χ0n) is 18.6. The zero-order chi connectivity index (χ0) is 27.8. The highest BCUT2D eigenvalue weighted by molar-refractivity contribution is 7.92. The van der Waals surface area contributed by atoms with Gasteiger partial charge in [-0.15, -0.1) is 5.06 Å². The molecule has 1 fully saturated rings. The van der Waals surface area contributed by atoms with E-state index in [-0.39, 0.29) is 17.7 Å². The topological polar surface area (TPSA) is 127 Å². The zero-order valence-corrected chi connectivity index (χ0v) is 19.4. The lowest BCUT2D eigenvalue weighted by Crippen LogP contribution is -2.41. The second-order valence-corrected chi connectivity index (χ2v) is 10.2. The van der Waals surface area contributed by atoms with E-state index in [2.05, 4.69) is 4.84 Å². The van der Waals surface area contributed by atoms with Crippen LogP contribution in [0.15, 0.2) is 53.4 Å².